The molecule has 2 aromatic heterocycles. The van der Waals surface area contributed by atoms with E-state index in [-0.39, 0.29) is 0 Å². The van der Waals surface area contributed by atoms with Gasteiger partial charge in [-0.2, -0.15) is 5.10 Å². The number of benzene rings is 1. The van der Waals surface area contributed by atoms with E-state index >= 15 is 0 Å². The zero-order valence-electron chi connectivity index (χ0n) is 12.5. The predicted molar refractivity (Wildman–Crippen MR) is 85.2 cm³/mol. The number of fused-ring (bicyclic) bond motifs is 1. The minimum Gasteiger partial charge on any atom is -0.316 e. The third-order valence-electron chi connectivity index (χ3n) is 3.68. The van der Waals surface area contributed by atoms with Gasteiger partial charge >= 0.3 is 0 Å². The largest absolute Gasteiger partial charge is 0.316 e. The van der Waals surface area contributed by atoms with Crippen LogP contribution in [0.25, 0.3) is 11.0 Å². The van der Waals surface area contributed by atoms with Gasteiger partial charge in [-0.25, -0.2) is 9.67 Å². The number of hydrogen-bond acceptors (Lipinski definition) is 3. The molecule has 1 N–H and O–H groups in total. The van der Waals surface area contributed by atoms with Gasteiger partial charge in [0.15, 0.2) is 5.65 Å². The van der Waals surface area contributed by atoms with Crippen LogP contribution in [0.3, 0.4) is 0 Å². The van der Waals surface area contributed by atoms with Gasteiger partial charge < -0.3 is 5.32 Å². The van der Waals surface area contributed by atoms with Crippen LogP contribution in [0.2, 0.25) is 0 Å². The van der Waals surface area contributed by atoms with E-state index < -0.39 is 0 Å². The van der Waals surface area contributed by atoms with Crippen molar-refractivity contribution in [2.75, 3.05) is 7.05 Å². The Kier molecular flexibility index (Phi) is 3.97. The van der Waals surface area contributed by atoms with Crippen LogP contribution in [0, 0.1) is 0 Å². The van der Waals surface area contributed by atoms with E-state index in [4.69, 9.17) is 0 Å². The fourth-order valence-electron chi connectivity index (χ4n) is 2.49. The van der Waals surface area contributed by atoms with Crippen molar-refractivity contribution in [1.82, 2.24) is 20.1 Å². The number of aromatic nitrogens is 3. The van der Waals surface area contributed by atoms with Crippen LogP contribution in [0.5, 0.6) is 0 Å². The lowest BCUT2D eigenvalue weighted by Crippen LogP contribution is -2.06. The summed E-state index contributed by atoms with van der Waals surface area (Å²) >= 11 is 0. The molecule has 0 aliphatic rings. The lowest BCUT2D eigenvalue weighted by Gasteiger charge is -2.05. The number of nitrogens with one attached hydrogen (secondary N) is 1. The summed E-state index contributed by atoms with van der Waals surface area (Å²) in [5.41, 5.74) is 4.73. The first-order valence-corrected chi connectivity index (χ1v) is 7.33. The van der Waals surface area contributed by atoms with Gasteiger partial charge in [-0.15, -0.1) is 0 Å². The highest BCUT2D eigenvalue weighted by Gasteiger charge is 2.06. The molecular formula is C17H20N4. The van der Waals surface area contributed by atoms with Crippen LogP contribution in [-0.4, -0.2) is 21.8 Å². The SMILES string of the molecule is CCc1ccc(Cn2ncc3cc(CNC)cnc32)cc1. The molecule has 0 bridgehead atoms. The first-order chi connectivity index (χ1) is 10.3. The lowest BCUT2D eigenvalue weighted by molar-refractivity contribution is 0.703. The molecule has 0 saturated heterocycles. The quantitative estimate of drug-likeness (QED) is 0.781. The Morgan fingerprint density at radius 1 is 1.05 bits per heavy atom. The molecule has 0 aliphatic carbocycles. The Hall–Kier alpha value is -2.20. The fourth-order valence-corrected chi connectivity index (χ4v) is 2.49. The molecule has 3 rings (SSSR count). The average molecular weight is 280 g/mol. The molecular weight excluding hydrogens is 260 g/mol. The van der Waals surface area contributed by atoms with Crippen molar-refractivity contribution in [3.05, 3.63) is 59.4 Å². The molecule has 0 spiro atoms. The summed E-state index contributed by atoms with van der Waals surface area (Å²) in [4.78, 5) is 4.55. The summed E-state index contributed by atoms with van der Waals surface area (Å²) in [6.07, 6.45) is 4.87. The maximum Gasteiger partial charge on any atom is 0.158 e. The van der Waals surface area contributed by atoms with Crippen molar-refractivity contribution in [3.8, 4) is 0 Å². The highest BCUT2D eigenvalue weighted by Crippen LogP contribution is 2.15. The predicted octanol–water partition coefficient (Wildman–Crippen LogP) is 2.76. The highest BCUT2D eigenvalue weighted by molar-refractivity contribution is 5.75. The Balaban J connectivity index is 1.86. The molecule has 4 nitrogen and oxygen atoms in total. The Morgan fingerprint density at radius 2 is 1.81 bits per heavy atom. The Bertz CT molecular complexity index is 728. The topological polar surface area (TPSA) is 42.7 Å². The first-order valence-electron chi connectivity index (χ1n) is 7.33. The number of pyridine rings is 1. The van der Waals surface area contributed by atoms with Gasteiger partial charge in [0.05, 0.1) is 12.7 Å². The third kappa shape index (κ3) is 2.95. The van der Waals surface area contributed by atoms with E-state index in [0.29, 0.717) is 0 Å². The molecule has 0 amide bonds. The van der Waals surface area contributed by atoms with Crippen molar-refractivity contribution in [3.63, 3.8) is 0 Å². The smallest absolute Gasteiger partial charge is 0.158 e. The second-order valence-corrected chi connectivity index (χ2v) is 5.26. The van der Waals surface area contributed by atoms with Crippen molar-refractivity contribution >= 4 is 11.0 Å². The van der Waals surface area contributed by atoms with Crippen molar-refractivity contribution < 1.29 is 0 Å². The number of hydrogen-bond donors (Lipinski definition) is 1. The van der Waals surface area contributed by atoms with Crippen LogP contribution >= 0.6 is 0 Å². The van der Waals surface area contributed by atoms with E-state index in [1.807, 2.05) is 24.1 Å². The third-order valence-corrected chi connectivity index (χ3v) is 3.68. The lowest BCUT2D eigenvalue weighted by atomic mass is 10.1. The van der Waals surface area contributed by atoms with Gasteiger partial charge in [-0.05, 0) is 36.2 Å². The van der Waals surface area contributed by atoms with E-state index in [9.17, 15) is 0 Å². The van der Waals surface area contributed by atoms with Crippen LogP contribution in [-0.2, 0) is 19.5 Å². The van der Waals surface area contributed by atoms with Crippen LogP contribution < -0.4 is 5.32 Å². The summed E-state index contributed by atoms with van der Waals surface area (Å²) in [6.45, 7) is 3.75. The van der Waals surface area contributed by atoms with Crippen LogP contribution in [0.4, 0.5) is 0 Å². The van der Waals surface area contributed by atoms with E-state index in [1.54, 1.807) is 0 Å². The molecule has 0 unspecified atom stereocenters. The maximum absolute atomic E-state index is 4.55. The molecule has 108 valence electrons. The molecule has 0 saturated carbocycles. The van der Waals surface area contributed by atoms with Crippen molar-refractivity contribution in [2.24, 2.45) is 0 Å². The summed E-state index contributed by atoms with van der Waals surface area (Å²) < 4.78 is 1.96. The van der Waals surface area contributed by atoms with Gasteiger partial charge in [0.1, 0.15) is 0 Å². The molecule has 4 heteroatoms. The monoisotopic (exact) mass is 280 g/mol. The van der Waals surface area contributed by atoms with Crippen LogP contribution in [0.15, 0.2) is 42.7 Å². The molecule has 2 heterocycles. The molecule has 0 aliphatic heterocycles. The fraction of sp³-hybridized carbons (Fsp3) is 0.294. The zero-order valence-corrected chi connectivity index (χ0v) is 12.5. The zero-order chi connectivity index (χ0) is 14.7. The molecule has 21 heavy (non-hydrogen) atoms. The minimum absolute atomic E-state index is 0.756. The summed E-state index contributed by atoms with van der Waals surface area (Å²) in [6, 6.07) is 10.8. The Labute approximate surface area is 124 Å². The van der Waals surface area contributed by atoms with Gasteiger partial charge in [0, 0.05) is 18.1 Å². The minimum atomic E-state index is 0.756. The van der Waals surface area contributed by atoms with E-state index in [1.165, 1.54) is 16.7 Å². The van der Waals surface area contributed by atoms with Crippen LogP contribution in [0.1, 0.15) is 23.6 Å². The van der Waals surface area contributed by atoms with E-state index in [0.717, 1.165) is 30.5 Å². The molecule has 0 atom stereocenters. The second kappa shape index (κ2) is 6.06. The van der Waals surface area contributed by atoms with Gasteiger partial charge in [0.25, 0.3) is 0 Å². The summed E-state index contributed by atoms with van der Waals surface area (Å²) in [5.74, 6) is 0. The normalized spacial score (nSPS) is 11.1. The Morgan fingerprint density at radius 3 is 2.52 bits per heavy atom. The summed E-state index contributed by atoms with van der Waals surface area (Å²) in [7, 11) is 1.94. The van der Waals surface area contributed by atoms with E-state index in [2.05, 4.69) is 52.7 Å². The number of rotatable bonds is 5. The second-order valence-electron chi connectivity index (χ2n) is 5.26. The maximum atomic E-state index is 4.55. The highest BCUT2D eigenvalue weighted by atomic mass is 15.3. The molecule has 3 aromatic rings. The molecule has 0 fully saturated rings. The van der Waals surface area contributed by atoms with Gasteiger partial charge in [-0.1, -0.05) is 31.2 Å². The van der Waals surface area contributed by atoms with Crippen molar-refractivity contribution in [2.45, 2.75) is 26.4 Å². The van der Waals surface area contributed by atoms with Crippen molar-refractivity contribution in [1.29, 1.82) is 0 Å². The molecule has 0 radical (unpaired) electrons. The number of nitrogens with zero attached hydrogens (tertiary/aromatic N) is 3. The first kappa shape index (κ1) is 13.8. The van der Waals surface area contributed by atoms with Gasteiger partial charge in [0.2, 0.25) is 0 Å². The summed E-state index contributed by atoms with van der Waals surface area (Å²) in [5, 5.41) is 8.70. The standard InChI is InChI=1S/C17H20N4/c1-3-13-4-6-14(7-5-13)12-21-17-16(11-20-21)8-15(9-18-2)10-19-17/h4-8,10-11,18H,3,9,12H2,1-2H3. The average Bonchev–Trinajstić information content (AvgIpc) is 2.91. The number of aryl methyl sites for hydroxylation is 1. The van der Waals surface area contributed by atoms with Gasteiger partial charge in [-0.3, -0.25) is 0 Å². The molecule has 1 aromatic carbocycles.